The lowest BCUT2D eigenvalue weighted by Crippen LogP contribution is -2.44. The number of rotatable bonds is 2. The largest absolute Gasteiger partial charge is 0.382 e. The number of carbonyl (C=O) groups excluding carboxylic acids is 1. The van der Waals surface area contributed by atoms with Crippen molar-refractivity contribution < 1.29 is 14.6 Å². The predicted octanol–water partition coefficient (Wildman–Crippen LogP) is 1.64. The van der Waals surface area contributed by atoms with Crippen molar-refractivity contribution in [3.8, 4) is 0 Å². The molecule has 0 fully saturated rings. The molecule has 2 rings (SSSR count). The minimum atomic E-state index is -1.27. The normalized spacial score (nSPS) is 28.6. The molecule has 3 heteroatoms. The zero-order valence-electron chi connectivity index (χ0n) is 9.56. The quantitative estimate of drug-likeness (QED) is 0.824. The van der Waals surface area contributed by atoms with Gasteiger partial charge in [-0.3, -0.25) is 4.79 Å². The van der Waals surface area contributed by atoms with Gasteiger partial charge in [0.2, 0.25) is 0 Å². The number of ether oxygens (including phenoxy) is 1. The van der Waals surface area contributed by atoms with Crippen molar-refractivity contribution in [2.75, 3.05) is 7.11 Å². The molecule has 0 heterocycles. The number of ketones is 1. The lowest BCUT2D eigenvalue weighted by atomic mass is 9.77. The molecule has 1 aliphatic carbocycles. The average molecular weight is 220 g/mol. The molecule has 0 aromatic heterocycles. The van der Waals surface area contributed by atoms with Gasteiger partial charge in [-0.05, 0) is 18.1 Å². The molecule has 0 saturated heterocycles. The fraction of sp³-hybridized carbons (Fsp3) is 0.462. The van der Waals surface area contributed by atoms with Crippen LogP contribution in [0.15, 0.2) is 24.3 Å². The van der Waals surface area contributed by atoms with Crippen molar-refractivity contribution in [2.45, 2.75) is 31.5 Å². The molecule has 1 N–H and O–H groups in total. The van der Waals surface area contributed by atoms with E-state index in [0.29, 0.717) is 12.8 Å². The summed E-state index contributed by atoms with van der Waals surface area (Å²) in [5.41, 5.74) is 0.809. The highest BCUT2D eigenvalue weighted by Gasteiger charge is 2.41. The van der Waals surface area contributed by atoms with Crippen molar-refractivity contribution in [2.24, 2.45) is 0 Å². The Balaban J connectivity index is 2.43. The van der Waals surface area contributed by atoms with E-state index in [-0.39, 0.29) is 11.9 Å². The van der Waals surface area contributed by atoms with Crippen molar-refractivity contribution >= 4 is 5.78 Å². The first-order valence-electron chi connectivity index (χ1n) is 5.41. The number of methoxy groups -OCH3 is 1. The van der Waals surface area contributed by atoms with Crippen LogP contribution < -0.4 is 0 Å². The van der Waals surface area contributed by atoms with Crippen LogP contribution in [0.2, 0.25) is 0 Å². The topological polar surface area (TPSA) is 46.5 Å². The lowest BCUT2D eigenvalue weighted by molar-refractivity contribution is -0.140. The Morgan fingerprint density at radius 2 is 2.19 bits per heavy atom. The molecule has 16 heavy (non-hydrogen) atoms. The summed E-state index contributed by atoms with van der Waals surface area (Å²) < 4.78 is 5.35. The third-order valence-electron chi connectivity index (χ3n) is 3.35. The van der Waals surface area contributed by atoms with Crippen LogP contribution in [0.1, 0.15) is 30.6 Å². The van der Waals surface area contributed by atoms with Gasteiger partial charge in [-0.1, -0.05) is 24.3 Å². The summed E-state index contributed by atoms with van der Waals surface area (Å²) in [6.45, 7) is 1.43. The van der Waals surface area contributed by atoms with Gasteiger partial charge in [-0.15, -0.1) is 0 Å². The Bertz CT molecular complexity index is 413. The number of hydrogen-bond donors (Lipinski definition) is 1. The molecule has 1 aromatic carbocycles. The fourth-order valence-electron chi connectivity index (χ4n) is 2.29. The second kappa shape index (κ2) is 4.00. The summed E-state index contributed by atoms with van der Waals surface area (Å²) in [7, 11) is 1.60. The molecule has 1 aromatic rings. The van der Waals surface area contributed by atoms with Crippen molar-refractivity contribution in [3.05, 3.63) is 35.4 Å². The van der Waals surface area contributed by atoms with Crippen molar-refractivity contribution in [1.29, 1.82) is 0 Å². The predicted molar refractivity (Wildman–Crippen MR) is 60.1 cm³/mol. The number of benzene rings is 1. The number of aliphatic hydroxyl groups is 1. The Morgan fingerprint density at radius 1 is 1.50 bits per heavy atom. The molecular formula is C13H16O3. The maximum Gasteiger partial charge on any atom is 0.161 e. The Morgan fingerprint density at radius 3 is 2.81 bits per heavy atom. The molecule has 2 atom stereocenters. The van der Waals surface area contributed by atoms with Crippen LogP contribution in [0.3, 0.4) is 0 Å². The van der Waals surface area contributed by atoms with Crippen LogP contribution in [-0.2, 0) is 16.0 Å². The molecule has 86 valence electrons. The molecule has 0 bridgehead atoms. The van der Waals surface area contributed by atoms with Gasteiger partial charge in [0.25, 0.3) is 0 Å². The van der Waals surface area contributed by atoms with Crippen molar-refractivity contribution in [3.63, 3.8) is 0 Å². The second-order valence-corrected chi connectivity index (χ2v) is 4.39. The highest BCUT2D eigenvalue weighted by Crippen LogP contribution is 2.37. The first kappa shape index (κ1) is 11.3. The number of hydrogen-bond acceptors (Lipinski definition) is 3. The third-order valence-corrected chi connectivity index (χ3v) is 3.35. The lowest BCUT2D eigenvalue weighted by Gasteiger charge is -2.35. The minimum Gasteiger partial charge on any atom is -0.382 e. The Labute approximate surface area is 95.0 Å². The van der Waals surface area contributed by atoms with Crippen LogP contribution in [0.25, 0.3) is 0 Å². The van der Waals surface area contributed by atoms with Gasteiger partial charge >= 0.3 is 0 Å². The van der Waals surface area contributed by atoms with E-state index in [1.807, 2.05) is 24.3 Å². The van der Waals surface area contributed by atoms with Gasteiger partial charge in [0.15, 0.2) is 5.78 Å². The van der Waals surface area contributed by atoms with E-state index >= 15 is 0 Å². The first-order chi connectivity index (χ1) is 7.57. The van der Waals surface area contributed by atoms with E-state index in [2.05, 4.69) is 0 Å². The average Bonchev–Trinajstić information content (AvgIpc) is 2.27. The molecule has 0 radical (unpaired) electrons. The Hall–Kier alpha value is -1.19. The smallest absolute Gasteiger partial charge is 0.161 e. The molecule has 3 nitrogen and oxygen atoms in total. The van der Waals surface area contributed by atoms with E-state index in [1.165, 1.54) is 6.92 Å². The van der Waals surface area contributed by atoms with Crippen molar-refractivity contribution in [1.82, 2.24) is 0 Å². The van der Waals surface area contributed by atoms with Crippen LogP contribution >= 0.6 is 0 Å². The summed E-state index contributed by atoms with van der Waals surface area (Å²) in [6.07, 6.45) is 0.535. The monoisotopic (exact) mass is 220 g/mol. The number of Topliss-reactive ketones (excluding diaryl/α,β-unsaturated/α-hetero) is 1. The van der Waals surface area contributed by atoms with E-state index in [1.54, 1.807) is 7.11 Å². The summed E-state index contributed by atoms with van der Waals surface area (Å²) in [5.74, 6) is -0.191. The third kappa shape index (κ3) is 1.77. The Kier molecular flexibility index (Phi) is 2.82. The molecule has 2 unspecified atom stereocenters. The summed E-state index contributed by atoms with van der Waals surface area (Å²) in [5, 5.41) is 10.3. The van der Waals surface area contributed by atoms with Crippen LogP contribution in [-0.4, -0.2) is 23.6 Å². The van der Waals surface area contributed by atoms with Gasteiger partial charge in [-0.25, -0.2) is 0 Å². The van der Waals surface area contributed by atoms with E-state index in [0.717, 1.165) is 11.1 Å². The van der Waals surface area contributed by atoms with Gasteiger partial charge in [0.1, 0.15) is 5.60 Å². The molecular weight excluding hydrogens is 204 g/mol. The van der Waals surface area contributed by atoms with E-state index in [9.17, 15) is 9.90 Å². The zero-order chi connectivity index (χ0) is 11.8. The molecule has 0 spiro atoms. The van der Waals surface area contributed by atoms with Gasteiger partial charge in [-0.2, -0.15) is 0 Å². The molecule has 0 amide bonds. The summed E-state index contributed by atoms with van der Waals surface area (Å²) >= 11 is 0. The maximum absolute atomic E-state index is 11.5. The van der Waals surface area contributed by atoms with Gasteiger partial charge in [0, 0.05) is 20.0 Å². The van der Waals surface area contributed by atoms with E-state index in [4.69, 9.17) is 4.74 Å². The van der Waals surface area contributed by atoms with Crippen LogP contribution in [0.4, 0.5) is 0 Å². The first-order valence-corrected chi connectivity index (χ1v) is 5.41. The van der Waals surface area contributed by atoms with Gasteiger partial charge < -0.3 is 9.84 Å². The highest BCUT2D eigenvalue weighted by molar-refractivity contribution is 5.85. The standard InChI is InChI=1S/C13H16O3/c1-9(14)13(15)7-10-5-3-4-6-11(10)12(8-13)16-2/h3-6,12,15H,7-8H2,1-2H3. The van der Waals surface area contributed by atoms with Crippen LogP contribution in [0.5, 0.6) is 0 Å². The molecule has 0 saturated carbocycles. The second-order valence-electron chi connectivity index (χ2n) is 4.39. The zero-order valence-corrected chi connectivity index (χ0v) is 9.56. The fourth-order valence-corrected chi connectivity index (χ4v) is 2.29. The molecule has 1 aliphatic rings. The summed E-state index contributed by atoms with van der Waals surface area (Å²) in [6, 6.07) is 7.79. The van der Waals surface area contributed by atoms with Gasteiger partial charge in [0.05, 0.1) is 6.10 Å². The SMILES string of the molecule is COC1CC(O)(C(C)=O)Cc2ccccc21. The molecule has 0 aliphatic heterocycles. The summed E-state index contributed by atoms with van der Waals surface area (Å²) in [4.78, 5) is 11.5. The number of fused-ring (bicyclic) bond motifs is 1. The number of carbonyl (C=O) groups is 1. The van der Waals surface area contributed by atoms with E-state index < -0.39 is 5.60 Å². The van der Waals surface area contributed by atoms with Crippen LogP contribution in [0, 0.1) is 0 Å². The highest BCUT2D eigenvalue weighted by atomic mass is 16.5. The maximum atomic E-state index is 11.5. The minimum absolute atomic E-state index is 0.191.